The molecular formula is C14H21BrClFN2O. The van der Waals surface area contributed by atoms with Gasteiger partial charge >= 0.3 is 0 Å². The summed E-state index contributed by atoms with van der Waals surface area (Å²) in [5.74, 6) is -0.212. The molecule has 0 aliphatic rings. The molecule has 1 atom stereocenters. The van der Waals surface area contributed by atoms with E-state index in [1.165, 1.54) is 6.07 Å². The highest BCUT2D eigenvalue weighted by Crippen LogP contribution is 2.17. The number of rotatable bonds is 7. The zero-order valence-electron chi connectivity index (χ0n) is 11.7. The molecule has 0 aliphatic heterocycles. The van der Waals surface area contributed by atoms with Crippen molar-refractivity contribution in [1.82, 2.24) is 10.6 Å². The van der Waals surface area contributed by atoms with Gasteiger partial charge < -0.3 is 10.6 Å². The minimum absolute atomic E-state index is 0. The summed E-state index contributed by atoms with van der Waals surface area (Å²) in [6.45, 7) is 2.79. The Kier molecular flexibility index (Phi) is 9.80. The summed E-state index contributed by atoms with van der Waals surface area (Å²) >= 11 is 3.16. The van der Waals surface area contributed by atoms with Gasteiger partial charge in [0, 0.05) is 12.5 Å². The molecule has 6 heteroatoms. The van der Waals surface area contributed by atoms with Gasteiger partial charge in [-0.3, -0.25) is 4.79 Å². The maximum absolute atomic E-state index is 13.1. The van der Waals surface area contributed by atoms with Crippen LogP contribution in [0, 0.1) is 5.82 Å². The molecule has 1 unspecified atom stereocenters. The molecule has 0 radical (unpaired) electrons. The van der Waals surface area contributed by atoms with E-state index in [1.807, 2.05) is 14.0 Å². The van der Waals surface area contributed by atoms with Crippen LogP contribution in [0.5, 0.6) is 0 Å². The van der Waals surface area contributed by atoms with Crippen LogP contribution in [0.4, 0.5) is 4.39 Å². The van der Waals surface area contributed by atoms with Gasteiger partial charge in [-0.25, -0.2) is 4.39 Å². The maximum Gasteiger partial charge on any atom is 0.220 e. The average molecular weight is 368 g/mol. The van der Waals surface area contributed by atoms with Crippen molar-refractivity contribution in [2.45, 2.75) is 32.2 Å². The van der Waals surface area contributed by atoms with E-state index in [0.717, 1.165) is 18.5 Å². The van der Waals surface area contributed by atoms with Crippen molar-refractivity contribution < 1.29 is 9.18 Å². The zero-order chi connectivity index (χ0) is 14.3. The quantitative estimate of drug-likeness (QED) is 0.727. The van der Waals surface area contributed by atoms with Crippen molar-refractivity contribution in [2.24, 2.45) is 0 Å². The van der Waals surface area contributed by atoms with Crippen molar-refractivity contribution >= 4 is 34.2 Å². The number of carbonyl (C=O) groups is 1. The fourth-order valence-corrected chi connectivity index (χ4v) is 2.27. The molecule has 20 heavy (non-hydrogen) atoms. The Morgan fingerprint density at radius 2 is 2.15 bits per heavy atom. The Morgan fingerprint density at radius 1 is 1.45 bits per heavy atom. The Bertz CT molecular complexity index is 432. The Morgan fingerprint density at radius 3 is 2.75 bits per heavy atom. The molecule has 2 N–H and O–H groups in total. The molecule has 0 fully saturated rings. The topological polar surface area (TPSA) is 41.1 Å². The van der Waals surface area contributed by atoms with Crippen LogP contribution in [0.3, 0.4) is 0 Å². The van der Waals surface area contributed by atoms with Crippen LogP contribution in [-0.4, -0.2) is 25.5 Å². The van der Waals surface area contributed by atoms with Crippen molar-refractivity contribution in [3.8, 4) is 0 Å². The van der Waals surface area contributed by atoms with E-state index < -0.39 is 0 Å². The summed E-state index contributed by atoms with van der Waals surface area (Å²) in [5, 5.41) is 5.95. The number of benzene rings is 1. The van der Waals surface area contributed by atoms with Crippen LogP contribution in [-0.2, 0) is 11.2 Å². The molecule has 0 heterocycles. The van der Waals surface area contributed by atoms with E-state index in [0.29, 0.717) is 17.3 Å². The second-order valence-corrected chi connectivity index (χ2v) is 5.48. The van der Waals surface area contributed by atoms with Gasteiger partial charge in [-0.05, 0) is 67.0 Å². The molecule has 0 aliphatic carbocycles. The van der Waals surface area contributed by atoms with Crippen LogP contribution in [0.2, 0.25) is 0 Å². The van der Waals surface area contributed by atoms with Gasteiger partial charge in [0.1, 0.15) is 5.82 Å². The smallest absolute Gasteiger partial charge is 0.220 e. The minimum Gasteiger partial charge on any atom is -0.353 e. The molecule has 1 aromatic rings. The van der Waals surface area contributed by atoms with Gasteiger partial charge in [-0.1, -0.05) is 6.07 Å². The van der Waals surface area contributed by atoms with E-state index in [2.05, 4.69) is 26.6 Å². The normalized spacial score (nSPS) is 11.6. The Balaban J connectivity index is 0.00000361. The Labute approximate surface area is 134 Å². The zero-order valence-corrected chi connectivity index (χ0v) is 14.1. The molecule has 1 amide bonds. The number of amides is 1. The Hall–Kier alpha value is -0.650. The molecule has 1 aromatic carbocycles. The molecule has 114 valence electrons. The first-order valence-electron chi connectivity index (χ1n) is 6.41. The van der Waals surface area contributed by atoms with Crippen molar-refractivity contribution in [3.05, 3.63) is 34.1 Å². The average Bonchev–Trinajstić information content (AvgIpc) is 2.34. The first kappa shape index (κ1) is 19.4. The van der Waals surface area contributed by atoms with Crippen molar-refractivity contribution in [2.75, 3.05) is 13.6 Å². The summed E-state index contributed by atoms with van der Waals surface area (Å²) in [7, 11) is 1.87. The van der Waals surface area contributed by atoms with E-state index in [4.69, 9.17) is 0 Å². The van der Waals surface area contributed by atoms with Gasteiger partial charge in [0.05, 0.1) is 4.47 Å². The summed E-state index contributed by atoms with van der Waals surface area (Å²) in [5.41, 5.74) is 0.997. The molecule has 1 rings (SSSR count). The van der Waals surface area contributed by atoms with Crippen LogP contribution in [0.1, 0.15) is 25.3 Å². The largest absolute Gasteiger partial charge is 0.353 e. The van der Waals surface area contributed by atoms with E-state index in [9.17, 15) is 9.18 Å². The second kappa shape index (κ2) is 10.1. The number of nitrogens with one attached hydrogen (secondary N) is 2. The molecule has 0 saturated carbocycles. The number of halogens is 3. The van der Waals surface area contributed by atoms with E-state index in [-0.39, 0.29) is 30.2 Å². The standard InChI is InChI=1S/C14H20BrFN2O.ClH/c1-10(18-14(19)4-3-7-17-2)8-11-5-6-13(16)12(15)9-11;/h5-6,9-10,17H,3-4,7-8H2,1-2H3,(H,18,19);1H. The van der Waals surface area contributed by atoms with Crippen LogP contribution in [0.25, 0.3) is 0 Å². The predicted octanol–water partition coefficient (Wildman–Crippen LogP) is 3.06. The second-order valence-electron chi connectivity index (χ2n) is 4.63. The fraction of sp³-hybridized carbons (Fsp3) is 0.500. The first-order chi connectivity index (χ1) is 9.02. The highest BCUT2D eigenvalue weighted by atomic mass is 79.9. The van der Waals surface area contributed by atoms with Gasteiger partial charge in [0.25, 0.3) is 0 Å². The molecular weight excluding hydrogens is 347 g/mol. The lowest BCUT2D eigenvalue weighted by molar-refractivity contribution is -0.121. The van der Waals surface area contributed by atoms with E-state index in [1.54, 1.807) is 12.1 Å². The lowest BCUT2D eigenvalue weighted by Crippen LogP contribution is -2.34. The molecule has 3 nitrogen and oxygen atoms in total. The van der Waals surface area contributed by atoms with E-state index >= 15 is 0 Å². The summed E-state index contributed by atoms with van der Waals surface area (Å²) in [6, 6.07) is 4.96. The molecule has 0 saturated heterocycles. The third kappa shape index (κ3) is 7.22. The lowest BCUT2D eigenvalue weighted by atomic mass is 10.1. The third-order valence-corrected chi connectivity index (χ3v) is 3.37. The van der Waals surface area contributed by atoms with Crippen LogP contribution >= 0.6 is 28.3 Å². The van der Waals surface area contributed by atoms with Gasteiger partial charge in [-0.15, -0.1) is 12.4 Å². The number of hydrogen-bond donors (Lipinski definition) is 2. The summed E-state index contributed by atoms with van der Waals surface area (Å²) < 4.78 is 13.6. The lowest BCUT2D eigenvalue weighted by Gasteiger charge is -2.14. The van der Waals surface area contributed by atoms with Crippen molar-refractivity contribution in [3.63, 3.8) is 0 Å². The van der Waals surface area contributed by atoms with Gasteiger partial charge in [0.15, 0.2) is 0 Å². The van der Waals surface area contributed by atoms with Crippen molar-refractivity contribution in [1.29, 1.82) is 0 Å². The molecule has 0 spiro atoms. The molecule has 0 aromatic heterocycles. The summed E-state index contributed by atoms with van der Waals surface area (Å²) in [4.78, 5) is 11.6. The maximum atomic E-state index is 13.1. The van der Waals surface area contributed by atoms with Crippen LogP contribution < -0.4 is 10.6 Å². The van der Waals surface area contributed by atoms with Crippen LogP contribution in [0.15, 0.2) is 22.7 Å². The number of carbonyl (C=O) groups excluding carboxylic acids is 1. The molecule has 0 bridgehead atoms. The third-order valence-electron chi connectivity index (χ3n) is 2.76. The minimum atomic E-state index is -0.271. The first-order valence-corrected chi connectivity index (χ1v) is 7.20. The monoisotopic (exact) mass is 366 g/mol. The predicted molar refractivity (Wildman–Crippen MR) is 85.8 cm³/mol. The summed E-state index contributed by atoms with van der Waals surface area (Å²) in [6.07, 6.45) is 2.05. The van der Waals surface area contributed by atoms with Gasteiger partial charge in [0.2, 0.25) is 5.91 Å². The highest BCUT2D eigenvalue weighted by molar-refractivity contribution is 9.10. The van der Waals surface area contributed by atoms with Gasteiger partial charge in [-0.2, -0.15) is 0 Å². The fourth-order valence-electron chi connectivity index (χ4n) is 1.84. The SMILES string of the molecule is CNCCCC(=O)NC(C)Cc1ccc(F)c(Br)c1.Cl. The number of hydrogen-bond acceptors (Lipinski definition) is 2. The highest BCUT2D eigenvalue weighted by Gasteiger charge is 2.09.